The van der Waals surface area contributed by atoms with Gasteiger partial charge in [0.25, 0.3) is 0 Å². The number of aromatic amines is 1. The number of aromatic nitrogens is 2. The molecular formula is C22H22ClN3O. The number of amides is 1. The number of benzene rings is 2. The summed E-state index contributed by atoms with van der Waals surface area (Å²) in [6, 6.07) is 13.8. The van der Waals surface area contributed by atoms with Crippen molar-refractivity contribution in [3.05, 3.63) is 70.5 Å². The van der Waals surface area contributed by atoms with Crippen LogP contribution in [0.3, 0.4) is 0 Å². The molecule has 0 radical (unpaired) electrons. The van der Waals surface area contributed by atoms with E-state index in [-0.39, 0.29) is 5.91 Å². The maximum Gasteiger partial charge on any atom is 0.246 e. The van der Waals surface area contributed by atoms with Crippen LogP contribution >= 0.6 is 11.6 Å². The van der Waals surface area contributed by atoms with Crippen LogP contribution in [0.15, 0.2) is 48.5 Å². The van der Waals surface area contributed by atoms with Crippen molar-refractivity contribution in [3.63, 3.8) is 0 Å². The number of imidazole rings is 1. The van der Waals surface area contributed by atoms with Crippen molar-refractivity contribution in [3.8, 4) is 0 Å². The van der Waals surface area contributed by atoms with Crippen LogP contribution in [0.2, 0.25) is 5.02 Å². The summed E-state index contributed by atoms with van der Waals surface area (Å²) in [5.41, 5.74) is 4.26. The highest BCUT2D eigenvalue weighted by Crippen LogP contribution is 2.28. The van der Waals surface area contributed by atoms with E-state index in [1.807, 2.05) is 35.2 Å². The van der Waals surface area contributed by atoms with Gasteiger partial charge in [0.05, 0.1) is 11.0 Å². The minimum Gasteiger partial charge on any atom is -0.342 e. The van der Waals surface area contributed by atoms with Gasteiger partial charge in [-0.15, -0.1) is 0 Å². The summed E-state index contributed by atoms with van der Waals surface area (Å²) in [6.45, 7) is 3.58. The molecule has 1 N–H and O–H groups in total. The van der Waals surface area contributed by atoms with E-state index in [2.05, 4.69) is 30.1 Å². The van der Waals surface area contributed by atoms with Gasteiger partial charge >= 0.3 is 0 Å². The van der Waals surface area contributed by atoms with Crippen LogP contribution in [0.4, 0.5) is 0 Å². The van der Waals surface area contributed by atoms with Crippen LogP contribution in [0.25, 0.3) is 17.1 Å². The second-order valence-electron chi connectivity index (χ2n) is 7.13. The third-order valence-corrected chi connectivity index (χ3v) is 5.35. The van der Waals surface area contributed by atoms with Gasteiger partial charge in [-0.1, -0.05) is 29.8 Å². The van der Waals surface area contributed by atoms with Crippen molar-refractivity contribution in [2.45, 2.75) is 25.7 Å². The van der Waals surface area contributed by atoms with Crippen LogP contribution in [-0.2, 0) is 4.79 Å². The number of hydrogen-bond donors (Lipinski definition) is 1. The third kappa shape index (κ3) is 4.06. The van der Waals surface area contributed by atoms with Crippen molar-refractivity contribution < 1.29 is 4.79 Å². The second kappa shape index (κ2) is 7.57. The number of halogens is 1. The maximum atomic E-state index is 12.5. The summed E-state index contributed by atoms with van der Waals surface area (Å²) < 4.78 is 0. The molecule has 0 bridgehead atoms. The maximum absolute atomic E-state index is 12.5. The molecule has 2 heterocycles. The fraction of sp³-hybridized carbons (Fsp3) is 0.273. The zero-order valence-corrected chi connectivity index (χ0v) is 16.0. The number of carbonyl (C=O) groups excluding carboxylic acids is 1. The molecule has 138 valence electrons. The number of aryl methyl sites for hydroxylation is 1. The average Bonchev–Trinajstić information content (AvgIpc) is 3.09. The fourth-order valence-corrected chi connectivity index (χ4v) is 3.79. The van der Waals surface area contributed by atoms with Gasteiger partial charge in [-0.05, 0) is 61.2 Å². The van der Waals surface area contributed by atoms with Crippen molar-refractivity contribution in [1.29, 1.82) is 0 Å². The van der Waals surface area contributed by atoms with Crippen LogP contribution in [-0.4, -0.2) is 33.9 Å². The Morgan fingerprint density at radius 2 is 2.04 bits per heavy atom. The standard InChI is InChI=1S/C22H22ClN3O/c1-15-5-7-19-20(13-15)25-22(24-19)17-9-11-26(12-10-17)21(27)8-6-16-3-2-4-18(23)14-16/h2-8,13-14,17H,9-12H2,1H3,(H,24,25)/b8-6+. The van der Waals surface area contributed by atoms with Crippen molar-refractivity contribution in [2.75, 3.05) is 13.1 Å². The minimum atomic E-state index is 0.0497. The predicted molar refractivity (Wildman–Crippen MR) is 110 cm³/mol. The SMILES string of the molecule is Cc1ccc2nc(C3CCN(C(=O)/C=C/c4cccc(Cl)c4)CC3)[nH]c2c1. The van der Waals surface area contributed by atoms with E-state index >= 15 is 0 Å². The summed E-state index contributed by atoms with van der Waals surface area (Å²) in [7, 11) is 0. The summed E-state index contributed by atoms with van der Waals surface area (Å²) in [5.74, 6) is 1.46. The first-order valence-corrected chi connectivity index (χ1v) is 9.65. The highest BCUT2D eigenvalue weighted by Gasteiger charge is 2.24. The van der Waals surface area contributed by atoms with Gasteiger partial charge in [-0.2, -0.15) is 0 Å². The fourth-order valence-electron chi connectivity index (χ4n) is 3.59. The molecule has 1 aliphatic heterocycles. The topological polar surface area (TPSA) is 49.0 Å². The monoisotopic (exact) mass is 379 g/mol. The zero-order chi connectivity index (χ0) is 18.8. The molecule has 1 fully saturated rings. The van der Waals surface area contributed by atoms with E-state index in [0.717, 1.165) is 48.4 Å². The van der Waals surface area contributed by atoms with E-state index in [4.69, 9.17) is 16.6 Å². The van der Waals surface area contributed by atoms with E-state index in [1.165, 1.54) is 5.56 Å². The number of likely N-dealkylation sites (tertiary alicyclic amines) is 1. The second-order valence-corrected chi connectivity index (χ2v) is 7.57. The number of H-pyrrole nitrogens is 1. The molecule has 3 aromatic rings. The third-order valence-electron chi connectivity index (χ3n) is 5.12. The Kier molecular flexibility index (Phi) is 4.99. The van der Waals surface area contributed by atoms with Gasteiger partial charge in [0.2, 0.25) is 5.91 Å². The minimum absolute atomic E-state index is 0.0497. The highest BCUT2D eigenvalue weighted by molar-refractivity contribution is 6.30. The number of fused-ring (bicyclic) bond motifs is 1. The Hall–Kier alpha value is -2.59. The zero-order valence-electron chi connectivity index (χ0n) is 15.3. The molecule has 0 spiro atoms. The predicted octanol–water partition coefficient (Wildman–Crippen LogP) is 4.94. The smallest absolute Gasteiger partial charge is 0.246 e. The quantitative estimate of drug-likeness (QED) is 0.655. The number of nitrogens with zero attached hydrogens (tertiary/aromatic N) is 2. The van der Waals surface area contributed by atoms with Crippen molar-refractivity contribution in [1.82, 2.24) is 14.9 Å². The first kappa shape index (κ1) is 17.8. The normalized spacial score (nSPS) is 15.7. The lowest BCUT2D eigenvalue weighted by molar-refractivity contribution is -0.127. The highest BCUT2D eigenvalue weighted by atomic mass is 35.5. The van der Waals surface area contributed by atoms with Crippen LogP contribution < -0.4 is 0 Å². The Labute approximate surface area is 163 Å². The largest absolute Gasteiger partial charge is 0.342 e. The summed E-state index contributed by atoms with van der Waals surface area (Å²) in [5, 5.41) is 0.673. The summed E-state index contributed by atoms with van der Waals surface area (Å²) in [6.07, 6.45) is 5.31. The number of piperidine rings is 1. The first-order chi connectivity index (χ1) is 13.1. The Morgan fingerprint density at radius 1 is 1.22 bits per heavy atom. The van der Waals surface area contributed by atoms with Crippen LogP contribution in [0.1, 0.15) is 35.7 Å². The molecule has 2 aromatic carbocycles. The molecule has 0 saturated carbocycles. The lowest BCUT2D eigenvalue weighted by atomic mass is 9.96. The lowest BCUT2D eigenvalue weighted by Crippen LogP contribution is -2.37. The van der Waals surface area contributed by atoms with Gasteiger partial charge in [0.15, 0.2) is 0 Å². The van der Waals surface area contributed by atoms with Gasteiger partial charge in [-0.3, -0.25) is 4.79 Å². The van der Waals surface area contributed by atoms with Crippen LogP contribution in [0, 0.1) is 6.92 Å². The lowest BCUT2D eigenvalue weighted by Gasteiger charge is -2.30. The number of hydrogen-bond acceptors (Lipinski definition) is 2. The summed E-state index contributed by atoms with van der Waals surface area (Å²) >= 11 is 5.98. The molecule has 1 aliphatic rings. The Balaban J connectivity index is 1.38. The number of rotatable bonds is 3. The Morgan fingerprint density at radius 3 is 2.81 bits per heavy atom. The average molecular weight is 380 g/mol. The molecule has 1 saturated heterocycles. The van der Waals surface area contributed by atoms with E-state index in [1.54, 1.807) is 6.08 Å². The molecule has 27 heavy (non-hydrogen) atoms. The molecule has 5 heteroatoms. The van der Waals surface area contributed by atoms with Gasteiger partial charge in [0, 0.05) is 30.1 Å². The first-order valence-electron chi connectivity index (χ1n) is 9.27. The van der Waals surface area contributed by atoms with Crippen molar-refractivity contribution >= 4 is 34.6 Å². The summed E-state index contributed by atoms with van der Waals surface area (Å²) in [4.78, 5) is 22.6. The van der Waals surface area contributed by atoms with E-state index in [9.17, 15) is 4.79 Å². The van der Waals surface area contributed by atoms with Crippen molar-refractivity contribution in [2.24, 2.45) is 0 Å². The molecular weight excluding hydrogens is 358 g/mol. The van der Waals surface area contributed by atoms with Gasteiger partial charge < -0.3 is 9.88 Å². The van der Waals surface area contributed by atoms with Crippen LogP contribution in [0.5, 0.6) is 0 Å². The van der Waals surface area contributed by atoms with Gasteiger partial charge in [-0.25, -0.2) is 4.98 Å². The number of carbonyl (C=O) groups is 1. The molecule has 1 amide bonds. The molecule has 0 aliphatic carbocycles. The van der Waals surface area contributed by atoms with E-state index < -0.39 is 0 Å². The molecule has 4 rings (SSSR count). The molecule has 1 aromatic heterocycles. The molecule has 0 unspecified atom stereocenters. The van der Waals surface area contributed by atoms with Gasteiger partial charge in [0.1, 0.15) is 5.82 Å². The number of nitrogens with one attached hydrogen (secondary N) is 1. The van der Waals surface area contributed by atoms with E-state index in [0.29, 0.717) is 10.9 Å². The Bertz CT molecular complexity index is 1000. The molecule has 4 nitrogen and oxygen atoms in total. The molecule has 0 atom stereocenters.